The first-order valence-corrected chi connectivity index (χ1v) is 5.40. The molecular formula is C10H9BrN2O3. The van der Waals surface area contributed by atoms with Gasteiger partial charge in [0.15, 0.2) is 4.67 Å². The van der Waals surface area contributed by atoms with Crippen molar-refractivity contribution in [2.24, 2.45) is 0 Å². The van der Waals surface area contributed by atoms with Gasteiger partial charge in [0.1, 0.15) is 5.76 Å². The first kappa shape index (κ1) is 10.9. The SMILES string of the molecule is Cc1cn(Cc2ccc(Br)o2)c(=O)[nH]c1=O. The number of rotatable bonds is 2. The molecule has 0 aromatic carbocycles. The molecule has 2 heterocycles. The molecular weight excluding hydrogens is 276 g/mol. The number of hydrogen-bond donors (Lipinski definition) is 1. The summed E-state index contributed by atoms with van der Waals surface area (Å²) < 4.78 is 7.28. The zero-order chi connectivity index (χ0) is 11.7. The highest BCUT2D eigenvalue weighted by Crippen LogP contribution is 2.14. The summed E-state index contributed by atoms with van der Waals surface area (Å²) in [4.78, 5) is 24.8. The smallest absolute Gasteiger partial charge is 0.328 e. The van der Waals surface area contributed by atoms with Crippen LogP contribution in [-0.4, -0.2) is 9.55 Å². The van der Waals surface area contributed by atoms with Crippen LogP contribution in [0.15, 0.2) is 37.0 Å². The van der Waals surface area contributed by atoms with Gasteiger partial charge in [-0.2, -0.15) is 0 Å². The second kappa shape index (κ2) is 4.13. The van der Waals surface area contributed by atoms with E-state index in [9.17, 15) is 9.59 Å². The molecule has 2 aromatic heterocycles. The Morgan fingerprint density at radius 3 is 2.81 bits per heavy atom. The molecule has 0 aliphatic carbocycles. The van der Waals surface area contributed by atoms with Crippen LogP contribution in [0.3, 0.4) is 0 Å². The molecule has 0 amide bonds. The van der Waals surface area contributed by atoms with Crippen molar-refractivity contribution in [2.45, 2.75) is 13.5 Å². The van der Waals surface area contributed by atoms with Crippen molar-refractivity contribution >= 4 is 15.9 Å². The van der Waals surface area contributed by atoms with Gasteiger partial charge in [-0.05, 0) is 35.0 Å². The Morgan fingerprint density at radius 2 is 2.19 bits per heavy atom. The van der Waals surface area contributed by atoms with E-state index >= 15 is 0 Å². The quantitative estimate of drug-likeness (QED) is 0.902. The van der Waals surface area contributed by atoms with Gasteiger partial charge in [0.25, 0.3) is 5.56 Å². The van der Waals surface area contributed by atoms with Crippen molar-refractivity contribution in [2.75, 3.05) is 0 Å². The maximum Gasteiger partial charge on any atom is 0.328 e. The van der Waals surface area contributed by atoms with Gasteiger partial charge in [-0.15, -0.1) is 0 Å². The first-order valence-electron chi connectivity index (χ1n) is 4.61. The number of aryl methyl sites for hydroxylation is 1. The van der Waals surface area contributed by atoms with Gasteiger partial charge in [0.2, 0.25) is 0 Å². The van der Waals surface area contributed by atoms with Crippen LogP contribution >= 0.6 is 15.9 Å². The topological polar surface area (TPSA) is 68.0 Å². The summed E-state index contributed by atoms with van der Waals surface area (Å²) in [6.45, 7) is 1.94. The summed E-state index contributed by atoms with van der Waals surface area (Å²) in [5.41, 5.74) is -0.310. The Balaban J connectivity index is 2.39. The van der Waals surface area contributed by atoms with Gasteiger partial charge in [0, 0.05) is 11.8 Å². The second-order valence-corrected chi connectivity index (χ2v) is 4.19. The van der Waals surface area contributed by atoms with E-state index in [-0.39, 0.29) is 5.56 Å². The molecule has 0 aliphatic rings. The number of aromatic nitrogens is 2. The van der Waals surface area contributed by atoms with Crippen LogP contribution in [0.25, 0.3) is 0 Å². The van der Waals surface area contributed by atoms with E-state index in [0.717, 1.165) is 0 Å². The lowest BCUT2D eigenvalue weighted by Crippen LogP contribution is -2.30. The monoisotopic (exact) mass is 284 g/mol. The van der Waals surface area contributed by atoms with E-state index in [1.807, 2.05) is 0 Å². The van der Waals surface area contributed by atoms with E-state index in [2.05, 4.69) is 20.9 Å². The minimum atomic E-state index is -0.442. The molecule has 2 aromatic rings. The Labute approximate surface area is 98.9 Å². The van der Waals surface area contributed by atoms with E-state index in [1.165, 1.54) is 10.8 Å². The molecule has 1 N–H and O–H groups in total. The van der Waals surface area contributed by atoms with Gasteiger partial charge in [0.05, 0.1) is 6.54 Å². The zero-order valence-electron chi connectivity index (χ0n) is 8.49. The van der Waals surface area contributed by atoms with E-state index in [4.69, 9.17) is 4.42 Å². The molecule has 0 atom stereocenters. The lowest BCUT2D eigenvalue weighted by molar-refractivity contribution is 0.468. The maximum atomic E-state index is 11.5. The predicted molar refractivity (Wildman–Crippen MR) is 61.6 cm³/mol. The highest BCUT2D eigenvalue weighted by Gasteiger charge is 2.04. The van der Waals surface area contributed by atoms with Gasteiger partial charge in [-0.3, -0.25) is 14.3 Å². The third kappa shape index (κ3) is 2.16. The average Bonchev–Trinajstić information content (AvgIpc) is 2.60. The average molecular weight is 285 g/mol. The summed E-state index contributed by atoms with van der Waals surface area (Å²) in [7, 11) is 0. The lowest BCUT2D eigenvalue weighted by Gasteiger charge is -2.02. The van der Waals surface area contributed by atoms with Crippen LogP contribution in [0.5, 0.6) is 0 Å². The van der Waals surface area contributed by atoms with E-state index in [0.29, 0.717) is 22.5 Å². The number of nitrogens with zero attached hydrogens (tertiary/aromatic N) is 1. The molecule has 2 rings (SSSR count). The second-order valence-electron chi connectivity index (χ2n) is 3.41. The minimum Gasteiger partial charge on any atom is -0.452 e. The van der Waals surface area contributed by atoms with E-state index < -0.39 is 5.69 Å². The molecule has 84 valence electrons. The zero-order valence-corrected chi connectivity index (χ0v) is 10.1. The van der Waals surface area contributed by atoms with Crippen molar-refractivity contribution in [3.8, 4) is 0 Å². The fourth-order valence-electron chi connectivity index (χ4n) is 1.34. The third-order valence-electron chi connectivity index (χ3n) is 2.14. The number of hydrogen-bond acceptors (Lipinski definition) is 3. The summed E-state index contributed by atoms with van der Waals surface area (Å²) in [5.74, 6) is 0.639. The van der Waals surface area contributed by atoms with Gasteiger partial charge in [-0.25, -0.2) is 4.79 Å². The van der Waals surface area contributed by atoms with Gasteiger partial charge >= 0.3 is 5.69 Å². The van der Waals surface area contributed by atoms with Crippen molar-refractivity contribution in [3.05, 3.63) is 55.2 Å². The lowest BCUT2D eigenvalue weighted by atomic mass is 10.3. The van der Waals surface area contributed by atoms with Crippen molar-refractivity contribution in [1.82, 2.24) is 9.55 Å². The molecule has 6 heteroatoms. The molecule has 0 bridgehead atoms. The molecule has 5 nitrogen and oxygen atoms in total. The highest BCUT2D eigenvalue weighted by atomic mass is 79.9. The molecule has 16 heavy (non-hydrogen) atoms. The fourth-order valence-corrected chi connectivity index (χ4v) is 1.68. The van der Waals surface area contributed by atoms with Gasteiger partial charge in [-0.1, -0.05) is 0 Å². The fraction of sp³-hybridized carbons (Fsp3) is 0.200. The van der Waals surface area contributed by atoms with Crippen LogP contribution in [0, 0.1) is 6.92 Å². The predicted octanol–water partition coefficient (Wildman–Crippen LogP) is 1.25. The van der Waals surface area contributed by atoms with Crippen LogP contribution in [-0.2, 0) is 6.54 Å². The van der Waals surface area contributed by atoms with Crippen molar-refractivity contribution in [1.29, 1.82) is 0 Å². The maximum absolute atomic E-state index is 11.5. The normalized spacial score (nSPS) is 10.6. The molecule has 0 spiro atoms. The molecule has 0 saturated carbocycles. The first-order chi connectivity index (χ1) is 7.56. The number of aromatic amines is 1. The highest BCUT2D eigenvalue weighted by molar-refractivity contribution is 9.10. The van der Waals surface area contributed by atoms with Gasteiger partial charge < -0.3 is 4.42 Å². The molecule has 0 unspecified atom stereocenters. The largest absolute Gasteiger partial charge is 0.452 e. The summed E-state index contributed by atoms with van der Waals surface area (Å²) in [6, 6.07) is 3.51. The Morgan fingerprint density at radius 1 is 1.44 bits per heavy atom. The molecule has 0 radical (unpaired) electrons. The number of halogens is 1. The van der Waals surface area contributed by atoms with E-state index in [1.54, 1.807) is 19.1 Å². The Kier molecular flexibility index (Phi) is 2.82. The summed E-state index contributed by atoms with van der Waals surface area (Å²) >= 11 is 3.18. The third-order valence-corrected chi connectivity index (χ3v) is 2.57. The standard InChI is InChI=1S/C10H9BrN2O3/c1-6-4-13(10(15)12-9(6)14)5-7-2-3-8(11)16-7/h2-4H,5H2,1H3,(H,12,14,15). The number of H-pyrrole nitrogens is 1. The molecule has 0 fully saturated rings. The van der Waals surface area contributed by atoms with Crippen LogP contribution in [0.2, 0.25) is 0 Å². The Bertz CT molecular complexity index is 623. The van der Waals surface area contributed by atoms with Crippen molar-refractivity contribution < 1.29 is 4.42 Å². The Hall–Kier alpha value is -1.56. The van der Waals surface area contributed by atoms with Crippen LogP contribution in [0.1, 0.15) is 11.3 Å². The molecule has 0 saturated heterocycles. The number of nitrogens with one attached hydrogen (secondary N) is 1. The minimum absolute atomic E-state index is 0.294. The molecule has 0 aliphatic heterocycles. The number of furan rings is 1. The van der Waals surface area contributed by atoms with Crippen LogP contribution < -0.4 is 11.2 Å². The summed E-state index contributed by atoms with van der Waals surface area (Å²) in [6.07, 6.45) is 1.51. The van der Waals surface area contributed by atoms with Crippen LogP contribution in [0.4, 0.5) is 0 Å². The summed E-state index contributed by atoms with van der Waals surface area (Å²) in [5, 5.41) is 0. The van der Waals surface area contributed by atoms with Crippen molar-refractivity contribution in [3.63, 3.8) is 0 Å².